The van der Waals surface area contributed by atoms with E-state index in [1.807, 2.05) is 0 Å². The Bertz CT molecular complexity index is 634. The number of nitro benzene ring substituents is 1. The Balaban J connectivity index is 2.39. The lowest BCUT2D eigenvalue weighted by molar-refractivity contribution is -0.384. The van der Waals surface area contributed by atoms with Gasteiger partial charge in [-0.25, -0.2) is 4.79 Å². The molecule has 0 bridgehead atoms. The standard InChI is InChI=1S/C15H19N3O6/c1-15(2,3)24-14(21)17-9-13(20)16-8-12(19)10-4-6-11(7-5-10)18(22)23/h4-7H,8-9H2,1-3H3,(H,16,20)(H,17,21). The average molecular weight is 337 g/mol. The number of nitrogens with zero attached hydrogens (tertiary/aromatic N) is 1. The minimum Gasteiger partial charge on any atom is -0.444 e. The molecule has 0 saturated heterocycles. The molecule has 0 spiro atoms. The van der Waals surface area contributed by atoms with Crippen LogP contribution in [0.2, 0.25) is 0 Å². The van der Waals surface area contributed by atoms with Crippen molar-refractivity contribution >= 4 is 23.5 Å². The Morgan fingerprint density at radius 2 is 1.67 bits per heavy atom. The number of non-ortho nitro benzene ring substituents is 1. The van der Waals surface area contributed by atoms with E-state index in [9.17, 15) is 24.5 Å². The molecule has 1 aromatic carbocycles. The maximum Gasteiger partial charge on any atom is 0.408 e. The summed E-state index contributed by atoms with van der Waals surface area (Å²) >= 11 is 0. The van der Waals surface area contributed by atoms with Gasteiger partial charge in [-0.1, -0.05) is 0 Å². The largest absolute Gasteiger partial charge is 0.444 e. The number of hydrogen-bond acceptors (Lipinski definition) is 6. The number of ether oxygens (including phenoxy) is 1. The minimum absolute atomic E-state index is 0.128. The highest BCUT2D eigenvalue weighted by atomic mass is 16.6. The highest BCUT2D eigenvalue weighted by Crippen LogP contribution is 2.12. The smallest absolute Gasteiger partial charge is 0.408 e. The summed E-state index contributed by atoms with van der Waals surface area (Å²) < 4.78 is 4.96. The summed E-state index contributed by atoms with van der Waals surface area (Å²) in [5.74, 6) is -0.966. The molecule has 0 radical (unpaired) electrons. The molecule has 0 heterocycles. The molecule has 0 aliphatic rings. The third-order valence-electron chi connectivity index (χ3n) is 2.64. The van der Waals surface area contributed by atoms with Gasteiger partial charge in [0.2, 0.25) is 5.91 Å². The molecule has 9 nitrogen and oxygen atoms in total. The van der Waals surface area contributed by atoms with Crippen LogP contribution in [0.25, 0.3) is 0 Å². The number of ketones is 1. The second-order valence-electron chi connectivity index (χ2n) is 5.86. The quantitative estimate of drug-likeness (QED) is 0.459. The fourth-order valence-electron chi connectivity index (χ4n) is 1.58. The molecule has 9 heteroatoms. The summed E-state index contributed by atoms with van der Waals surface area (Å²) in [5.41, 5.74) is -0.565. The number of Topliss-reactive ketones (excluding diaryl/α,β-unsaturated/α-hetero) is 1. The van der Waals surface area contributed by atoms with Gasteiger partial charge in [0.05, 0.1) is 11.5 Å². The number of amides is 2. The normalized spacial score (nSPS) is 10.6. The van der Waals surface area contributed by atoms with Crippen molar-refractivity contribution in [1.82, 2.24) is 10.6 Å². The van der Waals surface area contributed by atoms with Crippen LogP contribution in [0.1, 0.15) is 31.1 Å². The van der Waals surface area contributed by atoms with Gasteiger partial charge in [0.15, 0.2) is 5.78 Å². The highest BCUT2D eigenvalue weighted by molar-refractivity contribution is 5.99. The lowest BCUT2D eigenvalue weighted by Crippen LogP contribution is -2.41. The van der Waals surface area contributed by atoms with E-state index < -0.39 is 28.3 Å². The number of alkyl carbamates (subject to hydrolysis) is 1. The summed E-state index contributed by atoms with van der Waals surface area (Å²) in [5, 5.41) is 15.1. The third-order valence-corrected chi connectivity index (χ3v) is 2.64. The second kappa shape index (κ2) is 8.04. The molecule has 0 aromatic heterocycles. The lowest BCUT2D eigenvalue weighted by atomic mass is 10.1. The Morgan fingerprint density at radius 3 is 2.17 bits per heavy atom. The Morgan fingerprint density at radius 1 is 1.08 bits per heavy atom. The van der Waals surface area contributed by atoms with Crippen LogP contribution in [-0.4, -0.2) is 41.4 Å². The number of benzene rings is 1. The summed E-state index contributed by atoms with van der Waals surface area (Å²) in [7, 11) is 0. The molecule has 0 fully saturated rings. The zero-order chi connectivity index (χ0) is 18.3. The van der Waals surface area contributed by atoms with Crippen molar-refractivity contribution in [3.63, 3.8) is 0 Å². The second-order valence-corrected chi connectivity index (χ2v) is 5.86. The monoisotopic (exact) mass is 337 g/mol. The maximum absolute atomic E-state index is 11.9. The average Bonchev–Trinajstić information content (AvgIpc) is 2.49. The van der Waals surface area contributed by atoms with Crippen LogP contribution in [0.15, 0.2) is 24.3 Å². The summed E-state index contributed by atoms with van der Waals surface area (Å²) in [4.78, 5) is 44.8. The third kappa shape index (κ3) is 6.86. The molecule has 130 valence electrons. The zero-order valence-corrected chi connectivity index (χ0v) is 13.6. The van der Waals surface area contributed by atoms with Crippen molar-refractivity contribution in [2.45, 2.75) is 26.4 Å². The van der Waals surface area contributed by atoms with Gasteiger partial charge in [-0.05, 0) is 32.9 Å². The van der Waals surface area contributed by atoms with Crippen molar-refractivity contribution in [3.8, 4) is 0 Å². The molecule has 2 amide bonds. The van der Waals surface area contributed by atoms with Gasteiger partial charge >= 0.3 is 6.09 Å². The summed E-state index contributed by atoms with van der Waals surface area (Å²) in [6.45, 7) is 4.45. The molecular formula is C15H19N3O6. The lowest BCUT2D eigenvalue weighted by Gasteiger charge is -2.19. The molecule has 0 unspecified atom stereocenters. The number of hydrogen-bond donors (Lipinski definition) is 2. The van der Waals surface area contributed by atoms with Crippen LogP contribution in [0, 0.1) is 10.1 Å². The van der Waals surface area contributed by atoms with E-state index in [4.69, 9.17) is 4.74 Å². The van der Waals surface area contributed by atoms with Gasteiger partial charge in [0, 0.05) is 17.7 Å². The van der Waals surface area contributed by atoms with Gasteiger partial charge in [-0.15, -0.1) is 0 Å². The zero-order valence-electron chi connectivity index (χ0n) is 13.6. The molecule has 0 aliphatic heterocycles. The van der Waals surface area contributed by atoms with E-state index in [1.54, 1.807) is 20.8 Å². The fourth-order valence-corrected chi connectivity index (χ4v) is 1.58. The first-order valence-corrected chi connectivity index (χ1v) is 7.09. The van der Waals surface area contributed by atoms with Gasteiger partial charge < -0.3 is 15.4 Å². The number of nitrogens with one attached hydrogen (secondary N) is 2. The van der Waals surface area contributed by atoms with Crippen molar-refractivity contribution in [3.05, 3.63) is 39.9 Å². The molecule has 0 atom stereocenters. The van der Waals surface area contributed by atoms with Crippen molar-refractivity contribution in [1.29, 1.82) is 0 Å². The van der Waals surface area contributed by atoms with Crippen molar-refractivity contribution < 1.29 is 24.0 Å². The minimum atomic E-state index is -0.737. The summed E-state index contributed by atoms with van der Waals surface area (Å²) in [6.07, 6.45) is -0.737. The number of nitro groups is 1. The maximum atomic E-state index is 11.9. The van der Waals surface area contributed by atoms with Crippen molar-refractivity contribution in [2.75, 3.05) is 13.1 Å². The van der Waals surface area contributed by atoms with Crippen LogP contribution in [-0.2, 0) is 9.53 Å². The van der Waals surface area contributed by atoms with E-state index in [1.165, 1.54) is 24.3 Å². The topological polar surface area (TPSA) is 128 Å². The van der Waals surface area contributed by atoms with Crippen molar-refractivity contribution in [2.24, 2.45) is 0 Å². The number of carbonyl (C=O) groups excluding carboxylic acids is 3. The predicted octanol–water partition coefficient (Wildman–Crippen LogP) is 1.42. The van der Waals surface area contributed by atoms with E-state index in [-0.39, 0.29) is 24.3 Å². The molecule has 24 heavy (non-hydrogen) atoms. The van der Waals surface area contributed by atoms with Crippen LogP contribution in [0.3, 0.4) is 0 Å². The first-order chi connectivity index (χ1) is 11.1. The van der Waals surface area contributed by atoms with Crippen LogP contribution in [0.4, 0.5) is 10.5 Å². The van der Waals surface area contributed by atoms with Gasteiger partial charge in [0.1, 0.15) is 12.1 Å². The van der Waals surface area contributed by atoms with Crippen LogP contribution in [0.5, 0.6) is 0 Å². The predicted molar refractivity (Wildman–Crippen MR) is 84.7 cm³/mol. The van der Waals surface area contributed by atoms with E-state index >= 15 is 0 Å². The van der Waals surface area contributed by atoms with Gasteiger partial charge in [-0.3, -0.25) is 19.7 Å². The van der Waals surface area contributed by atoms with Gasteiger partial charge in [-0.2, -0.15) is 0 Å². The number of carbonyl (C=O) groups is 3. The van der Waals surface area contributed by atoms with E-state index in [0.717, 1.165) is 0 Å². The molecular weight excluding hydrogens is 318 g/mol. The Labute approximate surface area is 138 Å². The number of rotatable bonds is 6. The summed E-state index contributed by atoms with van der Waals surface area (Å²) in [6, 6.07) is 5.04. The van der Waals surface area contributed by atoms with E-state index in [2.05, 4.69) is 10.6 Å². The highest BCUT2D eigenvalue weighted by Gasteiger charge is 2.17. The SMILES string of the molecule is CC(C)(C)OC(=O)NCC(=O)NCC(=O)c1ccc([N+](=O)[O-])cc1. The first kappa shape index (κ1) is 19.1. The van der Waals surface area contributed by atoms with Crippen LogP contribution < -0.4 is 10.6 Å². The molecule has 2 N–H and O–H groups in total. The molecule has 0 saturated carbocycles. The van der Waals surface area contributed by atoms with Crippen LogP contribution >= 0.6 is 0 Å². The first-order valence-electron chi connectivity index (χ1n) is 7.09. The molecule has 0 aliphatic carbocycles. The fraction of sp³-hybridized carbons (Fsp3) is 0.400. The van der Waals surface area contributed by atoms with E-state index in [0.29, 0.717) is 0 Å². The molecule has 1 aromatic rings. The molecule has 1 rings (SSSR count). The Hall–Kier alpha value is -2.97. The van der Waals surface area contributed by atoms with Gasteiger partial charge in [0.25, 0.3) is 5.69 Å². The Kier molecular flexibility index (Phi) is 6.39.